The van der Waals surface area contributed by atoms with Crippen molar-refractivity contribution in [1.29, 1.82) is 5.26 Å². The maximum absolute atomic E-state index is 12.7. The summed E-state index contributed by atoms with van der Waals surface area (Å²) >= 11 is 0. The fourth-order valence-corrected chi connectivity index (χ4v) is 1.47. The van der Waals surface area contributed by atoms with Crippen LogP contribution in [0.3, 0.4) is 0 Å². The van der Waals surface area contributed by atoms with Crippen molar-refractivity contribution >= 4 is 5.69 Å². The van der Waals surface area contributed by atoms with Gasteiger partial charge in [-0.25, -0.2) is 4.39 Å². The van der Waals surface area contributed by atoms with Crippen LogP contribution in [0.15, 0.2) is 48.5 Å². The summed E-state index contributed by atoms with van der Waals surface area (Å²) in [5.74, 6) is -0.230. The van der Waals surface area contributed by atoms with Gasteiger partial charge in [0, 0.05) is 12.2 Å². The van der Waals surface area contributed by atoms with E-state index in [4.69, 9.17) is 5.26 Å². The van der Waals surface area contributed by atoms with Crippen molar-refractivity contribution in [2.24, 2.45) is 0 Å². The normalized spacial score (nSPS) is 9.65. The van der Waals surface area contributed by atoms with E-state index in [2.05, 4.69) is 11.4 Å². The molecule has 0 saturated carbocycles. The van der Waals surface area contributed by atoms with E-state index in [1.54, 1.807) is 24.3 Å². The minimum atomic E-state index is -0.230. The Morgan fingerprint density at radius 3 is 2.24 bits per heavy atom. The number of nitriles is 1. The monoisotopic (exact) mass is 226 g/mol. The molecule has 0 bridgehead atoms. The Balaban J connectivity index is 1.98. The summed E-state index contributed by atoms with van der Waals surface area (Å²) in [6.45, 7) is 0.631. The van der Waals surface area contributed by atoms with Crippen LogP contribution < -0.4 is 5.32 Å². The summed E-state index contributed by atoms with van der Waals surface area (Å²) in [4.78, 5) is 0. The van der Waals surface area contributed by atoms with E-state index in [0.29, 0.717) is 12.1 Å². The second kappa shape index (κ2) is 5.13. The minimum absolute atomic E-state index is 0.230. The maximum atomic E-state index is 12.7. The lowest BCUT2D eigenvalue weighted by atomic mass is 10.2. The van der Waals surface area contributed by atoms with E-state index in [-0.39, 0.29) is 5.82 Å². The number of hydrogen-bond donors (Lipinski definition) is 1. The molecular weight excluding hydrogens is 215 g/mol. The molecular formula is C14H11FN2. The average molecular weight is 226 g/mol. The lowest BCUT2D eigenvalue weighted by molar-refractivity contribution is 0.627. The highest BCUT2D eigenvalue weighted by atomic mass is 19.1. The van der Waals surface area contributed by atoms with E-state index in [1.807, 2.05) is 12.1 Å². The molecule has 2 aromatic carbocycles. The average Bonchev–Trinajstić information content (AvgIpc) is 2.39. The zero-order valence-corrected chi connectivity index (χ0v) is 9.15. The third kappa shape index (κ3) is 3.05. The van der Waals surface area contributed by atoms with Crippen LogP contribution in [-0.2, 0) is 6.54 Å². The molecule has 3 heteroatoms. The van der Waals surface area contributed by atoms with Crippen LogP contribution in [0.2, 0.25) is 0 Å². The summed E-state index contributed by atoms with van der Waals surface area (Å²) in [5.41, 5.74) is 2.58. The highest BCUT2D eigenvalue weighted by Crippen LogP contribution is 2.11. The molecule has 0 fully saturated rings. The first-order chi connectivity index (χ1) is 8.28. The third-order valence-corrected chi connectivity index (χ3v) is 2.42. The van der Waals surface area contributed by atoms with E-state index in [1.165, 1.54) is 12.1 Å². The van der Waals surface area contributed by atoms with Gasteiger partial charge in [0.25, 0.3) is 0 Å². The molecule has 1 N–H and O–H groups in total. The molecule has 17 heavy (non-hydrogen) atoms. The van der Waals surface area contributed by atoms with Crippen LogP contribution in [0, 0.1) is 17.1 Å². The summed E-state index contributed by atoms with van der Waals surface area (Å²) in [7, 11) is 0. The van der Waals surface area contributed by atoms with Crippen LogP contribution in [0.4, 0.5) is 10.1 Å². The van der Waals surface area contributed by atoms with Gasteiger partial charge < -0.3 is 5.32 Å². The molecule has 0 aliphatic rings. The quantitative estimate of drug-likeness (QED) is 0.871. The van der Waals surface area contributed by atoms with Gasteiger partial charge >= 0.3 is 0 Å². The Labute approximate surface area is 99.3 Å². The fraction of sp³-hybridized carbons (Fsp3) is 0.0714. The topological polar surface area (TPSA) is 35.8 Å². The zero-order valence-electron chi connectivity index (χ0n) is 9.15. The molecule has 0 radical (unpaired) electrons. The summed E-state index contributed by atoms with van der Waals surface area (Å²) in [5, 5.41) is 11.9. The van der Waals surface area contributed by atoms with Crippen molar-refractivity contribution in [2.45, 2.75) is 6.54 Å². The molecule has 0 saturated heterocycles. The molecule has 2 nitrogen and oxygen atoms in total. The van der Waals surface area contributed by atoms with Gasteiger partial charge in [0.05, 0.1) is 11.6 Å². The summed E-state index contributed by atoms with van der Waals surface area (Å²) in [6, 6.07) is 15.6. The van der Waals surface area contributed by atoms with Gasteiger partial charge in [0.2, 0.25) is 0 Å². The first kappa shape index (κ1) is 11.2. The van der Waals surface area contributed by atoms with Crippen molar-refractivity contribution < 1.29 is 4.39 Å². The largest absolute Gasteiger partial charge is 0.381 e. The van der Waals surface area contributed by atoms with E-state index in [0.717, 1.165) is 11.3 Å². The second-order valence-corrected chi connectivity index (χ2v) is 3.67. The van der Waals surface area contributed by atoms with E-state index >= 15 is 0 Å². The Morgan fingerprint density at radius 1 is 1.00 bits per heavy atom. The number of hydrogen-bond acceptors (Lipinski definition) is 2. The van der Waals surface area contributed by atoms with Crippen molar-refractivity contribution in [3.63, 3.8) is 0 Å². The smallest absolute Gasteiger partial charge is 0.123 e. The Hall–Kier alpha value is -2.34. The molecule has 2 aromatic rings. The van der Waals surface area contributed by atoms with Crippen LogP contribution in [0.1, 0.15) is 11.1 Å². The summed E-state index contributed by atoms with van der Waals surface area (Å²) < 4.78 is 12.7. The minimum Gasteiger partial charge on any atom is -0.381 e. The van der Waals surface area contributed by atoms with Crippen LogP contribution in [-0.4, -0.2) is 0 Å². The number of benzene rings is 2. The van der Waals surface area contributed by atoms with Crippen LogP contribution >= 0.6 is 0 Å². The lowest BCUT2D eigenvalue weighted by Gasteiger charge is -2.06. The highest BCUT2D eigenvalue weighted by molar-refractivity contribution is 5.47. The van der Waals surface area contributed by atoms with E-state index < -0.39 is 0 Å². The molecule has 0 aromatic heterocycles. The molecule has 0 aliphatic carbocycles. The fourth-order valence-electron chi connectivity index (χ4n) is 1.47. The van der Waals surface area contributed by atoms with Crippen molar-refractivity contribution in [2.75, 3.05) is 5.32 Å². The first-order valence-electron chi connectivity index (χ1n) is 5.26. The molecule has 0 aliphatic heterocycles. The number of nitrogens with zero attached hydrogens (tertiary/aromatic N) is 1. The highest BCUT2D eigenvalue weighted by Gasteiger charge is 1.95. The molecule has 2 rings (SSSR count). The van der Waals surface area contributed by atoms with Crippen molar-refractivity contribution in [3.8, 4) is 6.07 Å². The number of rotatable bonds is 3. The number of halogens is 1. The van der Waals surface area contributed by atoms with Gasteiger partial charge in [0.1, 0.15) is 5.82 Å². The first-order valence-corrected chi connectivity index (χ1v) is 5.26. The molecule has 84 valence electrons. The molecule has 0 atom stereocenters. The van der Waals surface area contributed by atoms with Crippen LogP contribution in [0.25, 0.3) is 0 Å². The van der Waals surface area contributed by atoms with Gasteiger partial charge in [-0.3, -0.25) is 0 Å². The van der Waals surface area contributed by atoms with E-state index in [9.17, 15) is 4.39 Å². The number of nitrogens with one attached hydrogen (secondary N) is 1. The van der Waals surface area contributed by atoms with Crippen molar-refractivity contribution in [1.82, 2.24) is 0 Å². The third-order valence-electron chi connectivity index (χ3n) is 2.42. The predicted molar refractivity (Wildman–Crippen MR) is 64.9 cm³/mol. The summed E-state index contributed by atoms with van der Waals surface area (Å²) in [6.07, 6.45) is 0. The van der Waals surface area contributed by atoms with Crippen molar-refractivity contribution in [3.05, 3.63) is 65.5 Å². The standard InChI is InChI=1S/C14H11FN2/c15-13-5-1-12(2-6-13)10-17-14-7-3-11(9-16)4-8-14/h1-8,17H,10H2. The Bertz CT molecular complexity index is 524. The molecule has 0 unspecified atom stereocenters. The van der Waals surface area contributed by atoms with Gasteiger partial charge in [-0.2, -0.15) is 5.26 Å². The SMILES string of the molecule is N#Cc1ccc(NCc2ccc(F)cc2)cc1. The molecule has 0 amide bonds. The Morgan fingerprint density at radius 2 is 1.65 bits per heavy atom. The zero-order chi connectivity index (χ0) is 12.1. The number of anilines is 1. The predicted octanol–water partition coefficient (Wildman–Crippen LogP) is 3.31. The van der Waals surface area contributed by atoms with Gasteiger partial charge in [-0.15, -0.1) is 0 Å². The van der Waals surface area contributed by atoms with Gasteiger partial charge in [0.15, 0.2) is 0 Å². The van der Waals surface area contributed by atoms with Gasteiger partial charge in [-0.1, -0.05) is 12.1 Å². The lowest BCUT2D eigenvalue weighted by Crippen LogP contribution is -1.99. The molecule has 0 spiro atoms. The second-order valence-electron chi connectivity index (χ2n) is 3.67. The molecule has 0 heterocycles. The Kier molecular flexibility index (Phi) is 3.37. The maximum Gasteiger partial charge on any atom is 0.123 e. The van der Waals surface area contributed by atoms with Crippen LogP contribution in [0.5, 0.6) is 0 Å². The van der Waals surface area contributed by atoms with Gasteiger partial charge in [-0.05, 0) is 42.0 Å².